The summed E-state index contributed by atoms with van der Waals surface area (Å²) in [4.78, 5) is 59.6. The normalized spacial score (nSPS) is 18.7. The summed E-state index contributed by atoms with van der Waals surface area (Å²) in [6.45, 7) is -0.398. The van der Waals surface area contributed by atoms with Gasteiger partial charge in [-0.3, -0.25) is 4.57 Å². The van der Waals surface area contributed by atoms with E-state index in [1.54, 1.807) is 109 Å². The molecule has 0 radical (unpaired) electrons. The number of hydrogen-bond donors (Lipinski definition) is 1. The quantitative estimate of drug-likeness (QED) is 0.143. The summed E-state index contributed by atoms with van der Waals surface area (Å²) < 4.78 is 25.9. The molecular weight excluding hydrogens is 673 g/mol. The Morgan fingerprint density at radius 3 is 1.86 bits per heavy atom. The van der Waals surface area contributed by atoms with Crippen LogP contribution in [0.2, 0.25) is 10.0 Å². The van der Waals surface area contributed by atoms with Gasteiger partial charge >= 0.3 is 23.6 Å². The van der Waals surface area contributed by atoms with Gasteiger partial charge in [0.15, 0.2) is 24.3 Å². The van der Waals surface area contributed by atoms with Crippen molar-refractivity contribution in [2.24, 2.45) is 0 Å². The van der Waals surface area contributed by atoms with Gasteiger partial charge in [0, 0.05) is 5.39 Å². The molecule has 0 unspecified atom stereocenters. The first kappa shape index (κ1) is 32.1. The second kappa shape index (κ2) is 13.6. The monoisotopic (exact) mass is 697 g/mol. The summed E-state index contributed by atoms with van der Waals surface area (Å²) >= 11 is 12.8. The number of esters is 3. The molecule has 0 aliphatic carbocycles. The first-order chi connectivity index (χ1) is 23.8. The maximum Gasteiger partial charge on any atom is 0.347 e. The number of rotatable bonds is 8. The van der Waals surface area contributed by atoms with Crippen LogP contribution >= 0.6 is 23.2 Å². The number of halogens is 2. The summed E-state index contributed by atoms with van der Waals surface area (Å²) in [5.74, 6) is -1.99. The number of carbonyl (C=O) groups excluding carboxylic acids is 3. The maximum atomic E-state index is 13.6. The number of ether oxygens (including phenoxy) is 4. The topological polar surface area (TPSA) is 139 Å². The van der Waals surface area contributed by atoms with Crippen molar-refractivity contribution in [3.05, 3.63) is 146 Å². The maximum absolute atomic E-state index is 13.6. The van der Waals surface area contributed by atoms with Crippen molar-refractivity contribution >= 4 is 52.0 Å². The van der Waals surface area contributed by atoms with Crippen molar-refractivity contribution < 1.29 is 33.3 Å². The third-order valence-electron chi connectivity index (χ3n) is 7.98. The van der Waals surface area contributed by atoms with Crippen molar-refractivity contribution in [2.45, 2.75) is 24.5 Å². The van der Waals surface area contributed by atoms with Crippen molar-refractivity contribution in [3.8, 4) is 11.5 Å². The molecule has 3 heterocycles. The molecule has 3 aliphatic rings. The molecule has 0 spiro atoms. The second-order valence-corrected chi connectivity index (χ2v) is 11.9. The minimum Gasteiger partial charge on any atom is -0.459 e. The molecule has 1 fully saturated rings. The minimum absolute atomic E-state index is 0.136. The predicted molar refractivity (Wildman–Crippen MR) is 179 cm³/mol. The van der Waals surface area contributed by atoms with E-state index in [-0.39, 0.29) is 32.6 Å². The fourth-order valence-electron chi connectivity index (χ4n) is 5.71. The van der Waals surface area contributed by atoms with E-state index in [4.69, 9.17) is 42.1 Å². The molecular formula is C36H25Cl2N3O8. The van der Waals surface area contributed by atoms with Gasteiger partial charge in [-0.15, -0.1) is 0 Å². The number of aromatic nitrogens is 3. The lowest BCUT2D eigenvalue weighted by atomic mass is 10.1. The smallest absolute Gasteiger partial charge is 0.347 e. The number of hydrogen-bond acceptors (Lipinski definition) is 9. The van der Waals surface area contributed by atoms with Crippen LogP contribution in [-0.2, 0) is 18.9 Å². The van der Waals surface area contributed by atoms with Crippen molar-refractivity contribution in [1.29, 1.82) is 0 Å². The number of carbonyl (C=O) groups is 3. The SMILES string of the molecule is O=C(OC[C@H]1O[C@@H](n2c3nc(=O)[nH]c-3cc3cc(Cl)c(Cl)cc32)[C@H](OC(=O)c2ccccc2)[C@@H]1OC(=O)c1ccccc1)c1ccccc1. The van der Waals surface area contributed by atoms with Crippen LogP contribution in [0.25, 0.3) is 22.4 Å². The standard InChI is InChI=1S/C36H25Cl2N3O8/c37-24-16-23-17-26-31(40-36(45)39-26)41(27(23)18-25(24)38)32-30(49-35(44)22-14-8-3-9-15-22)29(48-34(43)21-12-6-2-7-13-21)28(47-32)19-46-33(42)20-10-4-1-5-11-20/h1-18,28-30,32H,19H2,(H,39,45)/t28-,29-,30-,32-/m1/s1. The highest BCUT2D eigenvalue weighted by atomic mass is 35.5. The average molecular weight is 699 g/mol. The fraction of sp³-hybridized carbons (Fsp3) is 0.139. The number of aromatic amines is 1. The minimum atomic E-state index is -1.36. The highest BCUT2D eigenvalue weighted by Crippen LogP contribution is 2.41. The molecule has 246 valence electrons. The Kier molecular flexibility index (Phi) is 8.87. The second-order valence-electron chi connectivity index (χ2n) is 11.1. The van der Waals surface area contributed by atoms with E-state index in [9.17, 15) is 19.2 Å². The van der Waals surface area contributed by atoms with E-state index in [0.717, 1.165) is 0 Å². The highest BCUT2D eigenvalue weighted by molar-refractivity contribution is 6.42. The average Bonchev–Trinajstić information content (AvgIpc) is 3.66. The van der Waals surface area contributed by atoms with Gasteiger partial charge < -0.3 is 23.9 Å². The van der Waals surface area contributed by atoms with E-state index in [2.05, 4.69) is 9.97 Å². The van der Waals surface area contributed by atoms with Gasteiger partial charge in [-0.05, 0) is 54.6 Å². The number of pyridine rings is 1. The number of nitrogens with zero attached hydrogens (tertiary/aromatic N) is 2. The molecule has 0 saturated carbocycles. The zero-order valence-corrected chi connectivity index (χ0v) is 26.8. The van der Waals surface area contributed by atoms with Crippen LogP contribution in [0.1, 0.15) is 37.3 Å². The van der Waals surface area contributed by atoms with Crippen LogP contribution in [0, 0.1) is 0 Å². The van der Waals surface area contributed by atoms with Crippen molar-refractivity contribution in [2.75, 3.05) is 6.61 Å². The molecule has 4 aromatic carbocycles. The highest BCUT2D eigenvalue weighted by Gasteiger charge is 2.52. The van der Waals surface area contributed by atoms with Crippen molar-refractivity contribution in [1.82, 2.24) is 14.5 Å². The summed E-state index contributed by atoms with van der Waals surface area (Å²) in [5, 5.41) is 0.983. The number of imidazole rings is 1. The van der Waals surface area contributed by atoms with E-state index in [1.807, 2.05) is 0 Å². The lowest BCUT2D eigenvalue weighted by Gasteiger charge is -2.27. The summed E-state index contributed by atoms with van der Waals surface area (Å²) in [6, 6.07) is 29.6. The largest absolute Gasteiger partial charge is 0.459 e. The summed E-state index contributed by atoms with van der Waals surface area (Å²) in [6.07, 6.45) is -5.13. The Bertz CT molecular complexity index is 2190. The Labute approximate surface area is 288 Å². The number of benzene rings is 4. The molecule has 13 heteroatoms. The van der Waals surface area contributed by atoms with Gasteiger partial charge in [0.2, 0.25) is 0 Å². The first-order valence-electron chi connectivity index (χ1n) is 15.1. The molecule has 1 saturated heterocycles. The van der Waals surface area contributed by atoms with Gasteiger partial charge in [0.1, 0.15) is 12.7 Å². The van der Waals surface area contributed by atoms with Crippen LogP contribution in [0.3, 0.4) is 0 Å². The molecule has 4 atom stereocenters. The Morgan fingerprint density at radius 2 is 1.27 bits per heavy atom. The molecule has 49 heavy (non-hydrogen) atoms. The number of nitrogens with one attached hydrogen (secondary N) is 1. The van der Waals surface area contributed by atoms with Gasteiger partial charge in [-0.1, -0.05) is 77.8 Å². The third-order valence-corrected chi connectivity index (χ3v) is 8.70. The molecule has 0 amide bonds. The van der Waals surface area contributed by atoms with E-state index < -0.39 is 54.7 Å². The Morgan fingerprint density at radius 1 is 0.735 bits per heavy atom. The molecule has 3 aliphatic heterocycles. The predicted octanol–water partition coefficient (Wildman–Crippen LogP) is 6.34. The van der Waals surface area contributed by atoms with Crippen molar-refractivity contribution in [3.63, 3.8) is 0 Å². The summed E-state index contributed by atoms with van der Waals surface area (Å²) in [5.41, 5.74) is 0.825. The van der Waals surface area contributed by atoms with Crippen LogP contribution in [-0.4, -0.2) is 57.4 Å². The van der Waals surface area contributed by atoms with Gasteiger partial charge in [0.05, 0.1) is 37.9 Å². The third kappa shape index (κ3) is 6.51. The molecule has 11 nitrogen and oxygen atoms in total. The lowest BCUT2D eigenvalue weighted by Crippen LogP contribution is -2.41. The first-order valence-corrected chi connectivity index (χ1v) is 15.8. The van der Waals surface area contributed by atoms with Gasteiger partial charge in [-0.2, -0.15) is 4.98 Å². The van der Waals surface area contributed by atoms with E-state index in [1.165, 1.54) is 4.57 Å². The van der Waals surface area contributed by atoms with E-state index >= 15 is 0 Å². The Balaban J connectivity index is 1.36. The molecule has 4 aromatic rings. The van der Waals surface area contributed by atoms with Crippen LogP contribution in [0.5, 0.6) is 0 Å². The van der Waals surface area contributed by atoms with Gasteiger partial charge in [0.25, 0.3) is 0 Å². The zero-order valence-electron chi connectivity index (χ0n) is 25.3. The number of H-pyrrole nitrogens is 1. The number of fused-ring (bicyclic) bond motifs is 2. The van der Waals surface area contributed by atoms with Gasteiger partial charge in [-0.25, -0.2) is 19.2 Å². The van der Waals surface area contributed by atoms with Crippen LogP contribution in [0.15, 0.2) is 114 Å². The Hall–Kier alpha value is -5.49. The molecule has 0 bridgehead atoms. The molecule has 1 N–H and O–H groups in total. The zero-order chi connectivity index (χ0) is 34.1. The fourth-order valence-corrected chi connectivity index (χ4v) is 6.04. The lowest BCUT2D eigenvalue weighted by molar-refractivity contribution is -0.0600. The van der Waals surface area contributed by atoms with Crippen LogP contribution < -0.4 is 5.69 Å². The molecule has 7 rings (SSSR count). The van der Waals surface area contributed by atoms with Crippen LogP contribution in [0.4, 0.5) is 0 Å². The summed E-state index contributed by atoms with van der Waals surface area (Å²) in [7, 11) is 0. The van der Waals surface area contributed by atoms with E-state index in [0.29, 0.717) is 16.6 Å². The molecule has 0 aromatic heterocycles.